The topological polar surface area (TPSA) is 78.9 Å². The summed E-state index contributed by atoms with van der Waals surface area (Å²) in [5.41, 5.74) is 0.00949. The third kappa shape index (κ3) is 4.97. The van der Waals surface area contributed by atoms with Crippen molar-refractivity contribution in [3.05, 3.63) is 0 Å². The number of hydrogen-bond donors (Lipinski definition) is 2. The van der Waals surface area contributed by atoms with Gasteiger partial charge in [-0.15, -0.1) is 0 Å². The maximum atomic E-state index is 11.7. The average Bonchev–Trinajstić information content (AvgIpc) is 2.39. The van der Waals surface area contributed by atoms with Crippen LogP contribution in [-0.4, -0.2) is 60.8 Å². The molecule has 0 radical (unpaired) electrons. The van der Waals surface area contributed by atoms with Crippen LogP contribution in [0.5, 0.6) is 0 Å². The SMILES string of the molecule is CCCCOC1CC(N(C)CC(=O)NCC(=O)O)C1(C)C. The van der Waals surface area contributed by atoms with E-state index in [0.29, 0.717) is 0 Å². The number of hydrogen-bond acceptors (Lipinski definition) is 4. The zero-order valence-electron chi connectivity index (χ0n) is 13.5. The van der Waals surface area contributed by atoms with Gasteiger partial charge in [0.2, 0.25) is 5.91 Å². The van der Waals surface area contributed by atoms with Crippen molar-refractivity contribution in [2.75, 3.05) is 26.7 Å². The van der Waals surface area contributed by atoms with Crippen LogP contribution in [0.1, 0.15) is 40.0 Å². The molecule has 0 aromatic rings. The summed E-state index contributed by atoms with van der Waals surface area (Å²) in [6.45, 7) is 7.13. The van der Waals surface area contributed by atoms with Gasteiger partial charge in [0.05, 0.1) is 12.6 Å². The quantitative estimate of drug-likeness (QED) is 0.624. The third-order valence-corrected chi connectivity index (χ3v) is 4.30. The van der Waals surface area contributed by atoms with Crippen molar-refractivity contribution in [3.8, 4) is 0 Å². The van der Waals surface area contributed by atoms with E-state index in [1.165, 1.54) is 0 Å². The Kier molecular flexibility index (Phi) is 6.61. The first kappa shape index (κ1) is 17.9. The molecule has 1 aliphatic carbocycles. The molecule has 6 heteroatoms. The lowest BCUT2D eigenvalue weighted by Crippen LogP contribution is -2.62. The fourth-order valence-electron chi connectivity index (χ4n) is 2.83. The number of carboxylic acids is 1. The number of unbranched alkanes of at least 4 members (excludes halogenated alkanes) is 1. The Morgan fingerprint density at radius 2 is 2.10 bits per heavy atom. The van der Waals surface area contributed by atoms with E-state index < -0.39 is 5.97 Å². The predicted octanol–water partition coefficient (Wildman–Crippen LogP) is 1.10. The molecule has 0 aliphatic heterocycles. The largest absolute Gasteiger partial charge is 0.480 e. The molecule has 2 unspecified atom stereocenters. The summed E-state index contributed by atoms with van der Waals surface area (Å²) in [7, 11) is 1.90. The Balaban J connectivity index is 2.37. The standard InChI is InChI=1S/C15H28N2O4/c1-5-6-7-21-12-8-11(15(12,2)3)17(4)10-13(18)16-9-14(19)20/h11-12H,5-10H2,1-4H3,(H,16,18)(H,19,20). The van der Waals surface area contributed by atoms with Crippen LogP contribution in [0.4, 0.5) is 0 Å². The highest BCUT2D eigenvalue weighted by Gasteiger charge is 2.50. The molecule has 122 valence electrons. The van der Waals surface area contributed by atoms with E-state index in [-0.39, 0.29) is 36.6 Å². The fourth-order valence-corrected chi connectivity index (χ4v) is 2.83. The zero-order valence-corrected chi connectivity index (χ0v) is 13.5. The third-order valence-electron chi connectivity index (χ3n) is 4.30. The Bertz CT molecular complexity index is 371. The van der Waals surface area contributed by atoms with Gasteiger partial charge in [-0.05, 0) is 19.9 Å². The summed E-state index contributed by atoms with van der Waals surface area (Å²) >= 11 is 0. The highest BCUT2D eigenvalue weighted by molar-refractivity contribution is 5.82. The number of ether oxygens (including phenoxy) is 1. The van der Waals surface area contributed by atoms with Gasteiger partial charge in [0.25, 0.3) is 0 Å². The Morgan fingerprint density at radius 3 is 2.62 bits per heavy atom. The number of carboxylic acid groups (broad SMARTS) is 1. The van der Waals surface area contributed by atoms with Crippen LogP contribution >= 0.6 is 0 Å². The van der Waals surface area contributed by atoms with E-state index in [0.717, 1.165) is 25.9 Å². The van der Waals surface area contributed by atoms with Crippen molar-refractivity contribution >= 4 is 11.9 Å². The van der Waals surface area contributed by atoms with E-state index in [1.807, 2.05) is 11.9 Å². The van der Waals surface area contributed by atoms with Gasteiger partial charge in [0, 0.05) is 18.1 Å². The number of carbonyl (C=O) groups is 2. The van der Waals surface area contributed by atoms with Gasteiger partial charge in [-0.1, -0.05) is 27.2 Å². The lowest BCUT2D eigenvalue weighted by atomic mass is 9.64. The lowest BCUT2D eigenvalue weighted by molar-refractivity contribution is -0.153. The van der Waals surface area contributed by atoms with E-state index in [2.05, 4.69) is 26.1 Å². The average molecular weight is 300 g/mol. The number of rotatable bonds is 9. The van der Waals surface area contributed by atoms with Gasteiger partial charge in [-0.3, -0.25) is 14.5 Å². The molecular weight excluding hydrogens is 272 g/mol. The number of nitrogens with one attached hydrogen (secondary N) is 1. The molecule has 0 aromatic heterocycles. The molecule has 1 aliphatic rings. The maximum Gasteiger partial charge on any atom is 0.322 e. The van der Waals surface area contributed by atoms with Gasteiger partial charge in [0.1, 0.15) is 6.54 Å². The molecule has 1 amide bonds. The molecule has 0 bridgehead atoms. The minimum atomic E-state index is -1.03. The van der Waals surface area contributed by atoms with Crippen molar-refractivity contribution in [2.24, 2.45) is 5.41 Å². The van der Waals surface area contributed by atoms with Crippen molar-refractivity contribution < 1.29 is 19.4 Å². The monoisotopic (exact) mass is 300 g/mol. The number of likely N-dealkylation sites (N-methyl/N-ethyl adjacent to an activating group) is 1. The highest BCUT2D eigenvalue weighted by atomic mass is 16.5. The predicted molar refractivity (Wildman–Crippen MR) is 80.1 cm³/mol. The molecule has 1 saturated carbocycles. The van der Waals surface area contributed by atoms with Gasteiger partial charge in [-0.25, -0.2) is 0 Å². The van der Waals surface area contributed by atoms with Crippen LogP contribution in [-0.2, 0) is 14.3 Å². The summed E-state index contributed by atoms with van der Waals surface area (Å²) in [5, 5.41) is 10.9. The summed E-state index contributed by atoms with van der Waals surface area (Å²) in [5.74, 6) is -1.29. The molecule has 1 fully saturated rings. The normalized spacial score (nSPS) is 23.7. The van der Waals surface area contributed by atoms with Crippen molar-refractivity contribution in [2.45, 2.75) is 52.2 Å². The number of aliphatic carboxylic acids is 1. The number of nitrogens with zero attached hydrogens (tertiary/aromatic N) is 1. The molecular formula is C15H28N2O4. The first-order chi connectivity index (χ1) is 9.78. The maximum absolute atomic E-state index is 11.7. The summed E-state index contributed by atoms with van der Waals surface area (Å²) in [6, 6.07) is 0.278. The minimum Gasteiger partial charge on any atom is -0.480 e. The van der Waals surface area contributed by atoms with Gasteiger partial charge in [0.15, 0.2) is 0 Å². The second kappa shape index (κ2) is 7.75. The second-order valence-corrected chi connectivity index (χ2v) is 6.37. The summed E-state index contributed by atoms with van der Waals surface area (Å²) < 4.78 is 5.89. The molecule has 2 N–H and O–H groups in total. The first-order valence-corrected chi connectivity index (χ1v) is 7.59. The lowest BCUT2D eigenvalue weighted by Gasteiger charge is -2.55. The smallest absolute Gasteiger partial charge is 0.322 e. The molecule has 2 atom stereocenters. The fraction of sp³-hybridized carbons (Fsp3) is 0.867. The molecule has 1 rings (SSSR count). The minimum absolute atomic E-state index is 0.00949. The van der Waals surface area contributed by atoms with Crippen LogP contribution in [0, 0.1) is 5.41 Å². The van der Waals surface area contributed by atoms with Gasteiger partial charge >= 0.3 is 5.97 Å². The van der Waals surface area contributed by atoms with E-state index >= 15 is 0 Å². The molecule has 0 heterocycles. The van der Waals surface area contributed by atoms with Crippen LogP contribution in [0.25, 0.3) is 0 Å². The van der Waals surface area contributed by atoms with Gasteiger partial charge in [-0.2, -0.15) is 0 Å². The first-order valence-electron chi connectivity index (χ1n) is 7.59. The number of amides is 1. The Labute approximate surface area is 126 Å². The summed E-state index contributed by atoms with van der Waals surface area (Å²) in [6.07, 6.45) is 3.35. The second-order valence-electron chi connectivity index (χ2n) is 6.37. The van der Waals surface area contributed by atoms with Crippen molar-refractivity contribution in [1.29, 1.82) is 0 Å². The van der Waals surface area contributed by atoms with Crippen LogP contribution in [0.3, 0.4) is 0 Å². The van der Waals surface area contributed by atoms with E-state index in [1.54, 1.807) is 0 Å². The Morgan fingerprint density at radius 1 is 1.43 bits per heavy atom. The molecule has 6 nitrogen and oxygen atoms in total. The highest BCUT2D eigenvalue weighted by Crippen LogP contribution is 2.45. The summed E-state index contributed by atoms with van der Waals surface area (Å²) in [4.78, 5) is 24.1. The van der Waals surface area contributed by atoms with Crippen LogP contribution in [0.2, 0.25) is 0 Å². The molecule has 0 saturated heterocycles. The van der Waals surface area contributed by atoms with Gasteiger partial charge < -0.3 is 15.2 Å². The molecule has 21 heavy (non-hydrogen) atoms. The van der Waals surface area contributed by atoms with Crippen LogP contribution in [0.15, 0.2) is 0 Å². The zero-order chi connectivity index (χ0) is 16.0. The molecule has 0 spiro atoms. The Hall–Kier alpha value is -1.14. The van der Waals surface area contributed by atoms with Crippen molar-refractivity contribution in [1.82, 2.24) is 10.2 Å². The molecule has 0 aromatic carbocycles. The number of carbonyl (C=O) groups excluding carboxylic acids is 1. The van der Waals surface area contributed by atoms with Crippen molar-refractivity contribution in [3.63, 3.8) is 0 Å². The van der Waals surface area contributed by atoms with Crippen LogP contribution < -0.4 is 5.32 Å². The van der Waals surface area contributed by atoms with E-state index in [9.17, 15) is 9.59 Å². The van der Waals surface area contributed by atoms with E-state index in [4.69, 9.17) is 9.84 Å².